The smallest absolute Gasteiger partial charge is 0.421 e. The van der Waals surface area contributed by atoms with Crippen LogP contribution in [-0.2, 0) is 19.6 Å². The average molecular weight is 485 g/mol. The first kappa shape index (κ1) is 25.8. The molecule has 12 heteroatoms. The van der Waals surface area contributed by atoms with Crippen LogP contribution in [0.2, 0.25) is 0 Å². The molecule has 2 aromatic rings. The molecule has 2 aromatic heterocycles. The Bertz CT molecular complexity index is 676. The van der Waals surface area contributed by atoms with Crippen molar-refractivity contribution in [3.8, 4) is 0 Å². The summed E-state index contributed by atoms with van der Waals surface area (Å²) in [5.41, 5.74) is 4.69. The lowest BCUT2D eigenvalue weighted by Gasteiger charge is -2.15. The van der Waals surface area contributed by atoms with Crippen molar-refractivity contribution in [2.24, 2.45) is 10.2 Å². The van der Waals surface area contributed by atoms with Gasteiger partial charge in [-0.2, -0.15) is 5.10 Å². The second-order valence-electron chi connectivity index (χ2n) is 5.82. The number of quaternary nitrogens is 1. The van der Waals surface area contributed by atoms with Crippen LogP contribution in [0.25, 0.3) is 0 Å². The topological polar surface area (TPSA) is 126 Å². The van der Waals surface area contributed by atoms with E-state index in [2.05, 4.69) is 35.5 Å². The lowest BCUT2D eigenvalue weighted by molar-refractivity contribution is -0.683. The number of rotatable bonds is 8. The lowest BCUT2D eigenvalue weighted by Crippen LogP contribution is -3.00. The van der Waals surface area contributed by atoms with E-state index in [1.807, 2.05) is 17.1 Å². The molecule has 0 radical (unpaired) electrons. The van der Waals surface area contributed by atoms with Crippen LogP contribution in [0.1, 0.15) is 19.3 Å². The number of hydrogen-bond acceptors (Lipinski definition) is 5. The second-order valence-corrected chi connectivity index (χ2v) is 6.19. The highest BCUT2D eigenvalue weighted by Gasteiger charge is 2.19. The molecule has 0 saturated heterocycles. The van der Waals surface area contributed by atoms with Gasteiger partial charge in [0, 0.05) is 30.5 Å². The predicted molar refractivity (Wildman–Crippen MR) is 96.9 cm³/mol. The summed E-state index contributed by atoms with van der Waals surface area (Å²) in [6.07, 6.45) is 8.84. The van der Waals surface area contributed by atoms with Gasteiger partial charge in [-0.3, -0.25) is 0 Å². The van der Waals surface area contributed by atoms with Crippen LogP contribution in [0.5, 0.6) is 0 Å². The van der Waals surface area contributed by atoms with Gasteiger partial charge >= 0.3 is 5.95 Å². The van der Waals surface area contributed by atoms with Gasteiger partial charge in [-0.1, -0.05) is 5.11 Å². The van der Waals surface area contributed by atoms with Gasteiger partial charge in [-0.15, -0.1) is 11.6 Å². The van der Waals surface area contributed by atoms with Crippen molar-refractivity contribution in [1.82, 2.24) is 20.5 Å². The number of aryl methyl sites for hydroxylation is 3. The zero-order valence-electron chi connectivity index (χ0n) is 15.3. The molecule has 0 spiro atoms. The zero-order chi connectivity index (χ0) is 16.8. The summed E-state index contributed by atoms with van der Waals surface area (Å²) in [6, 6.07) is 0. The third-order valence-corrected chi connectivity index (χ3v) is 4.30. The van der Waals surface area contributed by atoms with Crippen molar-refractivity contribution in [3.63, 3.8) is 0 Å². The molecule has 0 aliphatic carbocycles. The zero-order valence-corrected chi connectivity index (χ0v) is 18.4. The Labute approximate surface area is 181 Å². The molecule has 0 amide bonds. The summed E-state index contributed by atoms with van der Waals surface area (Å²) >= 11 is 5.83. The van der Waals surface area contributed by atoms with E-state index >= 15 is 0 Å². The van der Waals surface area contributed by atoms with Gasteiger partial charge in [0.15, 0.2) is 11.5 Å². The largest absolute Gasteiger partial charge is 1.00 e. The Hall–Kier alpha value is -1.20. The number of fused-ring (bicyclic) bond motifs is 1. The molecule has 3 heterocycles. The average Bonchev–Trinajstić information content (AvgIpc) is 3.20. The maximum atomic E-state index is 5.83. The van der Waals surface area contributed by atoms with Gasteiger partial charge in [0.2, 0.25) is 0 Å². The third-order valence-electron chi connectivity index (χ3n) is 4.03. The molecule has 0 fully saturated rings. The number of imidazole rings is 1. The normalized spacial score (nSPS) is 12.5. The van der Waals surface area contributed by atoms with Crippen molar-refractivity contribution in [2.45, 2.75) is 38.9 Å². The second kappa shape index (κ2) is 13.1. The fourth-order valence-corrected chi connectivity index (χ4v) is 2.89. The molecule has 7 N–H and O–H groups in total. The molecule has 0 unspecified atom stereocenters. The summed E-state index contributed by atoms with van der Waals surface area (Å²) in [7, 11) is 0. The number of hydrogen-bond donors (Lipinski definition) is 3. The van der Waals surface area contributed by atoms with Crippen LogP contribution in [-0.4, -0.2) is 33.3 Å². The Morgan fingerprint density at radius 2 is 2.15 bits per heavy atom. The van der Waals surface area contributed by atoms with E-state index in [1.165, 1.54) is 0 Å². The summed E-state index contributed by atoms with van der Waals surface area (Å²) in [5, 5.41) is 16.7. The summed E-state index contributed by atoms with van der Waals surface area (Å²) in [6.45, 7) is 4.49. The SMILES string of the molecule is N.[Br-].[Cl-].[NH3+]CCCn1cc[n+](CCCCl)c1N=Nc1cnn2c1NCCC2. The fraction of sp³-hybridized carbons (Fsp3) is 0.600. The van der Waals surface area contributed by atoms with E-state index < -0.39 is 0 Å². The number of nitrogens with zero attached hydrogens (tertiary/aromatic N) is 6. The molecule has 0 saturated carbocycles. The number of azo groups is 1. The van der Waals surface area contributed by atoms with E-state index in [4.69, 9.17) is 11.6 Å². The molecule has 9 nitrogen and oxygen atoms in total. The highest BCUT2D eigenvalue weighted by Crippen LogP contribution is 2.28. The van der Waals surface area contributed by atoms with Crippen molar-refractivity contribution in [2.75, 3.05) is 24.3 Å². The minimum Gasteiger partial charge on any atom is -1.00 e. The van der Waals surface area contributed by atoms with Gasteiger partial charge < -0.3 is 46.6 Å². The van der Waals surface area contributed by atoms with Crippen molar-refractivity contribution in [3.05, 3.63) is 18.6 Å². The van der Waals surface area contributed by atoms with Gasteiger partial charge in [-0.05, 0) is 12.8 Å². The van der Waals surface area contributed by atoms with Gasteiger partial charge in [0.25, 0.3) is 0 Å². The van der Waals surface area contributed by atoms with E-state index in [-0.39, 0.29) is 35.5 Å². The minimum atomic E-state index is 0. The molecular formula is C15H28BrCl2N9. The van der Waals surface area contributed by atoms with Crippen LogP contribution < -0.4 is 51.2 Å². The number of aromatic nitrogens is 4. The molecule has 0 atom stereocenters. The first-order valence-electron chi connectivity index (χ1n) is 8.48. The Kier molecular flexibility index (Phi) is 12.5. The van der Waals surface area contributed by atoms with Gasteiger partial charge in [0.1, 0.15) is 0 Å². The highest BCUT2D eigenvalue weighted by molar-refractivity contribution is 6.17. The van der Waals surface area contributed by atoms with Crippen LogP contribution >= 0.6 is 11.6 Å². The monoisotopic (exact) mass is 483 g/mol. The Morgan fingerprint density at radius 3 is 2.89 bits per heavy atom. The van der Waals surface area contributed by atoms with E-state index in [1.54, 1.807) is 6.20 Å². The minimum absolute atomic E-state index is 0. The van der Waals surface area contributed by atoms with Crippen molar-refractivity contribution >= 4 is 29.1 Å². The first-order chi connectivity index (χ1) is 11.8. The van der Waals surface area contributed by atoms with E-state index in [0.29, 0.717) is 5.88 Å². The highest BCUT2D eigenvalue weighted by atomic mass is 79.9. The molecule has 0 bridgehead atoms. The van der Waals surface area contributed by atoms with Crippen LogP contribution in [0.4, 0.5) is 17.5 Å². The number of halogens is 3. The Balaban J connectivity index is 0.00000225. The quantitative estimate of drug-likeness (QED) is 0.199. The molecular weight excluding hydrogens is 457 g/mol. The van der Waals surface area contributed by atoms with Gasteiger partial charge in [-0.25, -0.2) is 13.8 Å². The summed E-state index contributed by atoms with van der Waals surface area (Å²) in [5.74, 6) is 2.42. The number of nitrogens with one attached hydrogen (secondary N) is 1. The van der Waals surface area contributed by atoms with Crippen LogP contribution in [0.15, 0.2) is 28.8 Å². The maximum absolute atomic E-state index is 5.83. The summed E-state index contributed by atoms with van der Waals surface area (Å²) in [4.78, 5) is 0. The van der Waals surface area contributed by atoms with Crippen LogP contribution in [0.3, 0.4) is 0 Å². The van der Waals surface area contributed by atoms with Crippen molar-refractivity contribution in [1.29, 1.82) is 0 Å². The molecule has 1 aliphatic rings. The predicted octanol–water partition coefficient (Wildman–Crippen LogP) is -4.37. The maximum Gasteiger partial charge on any atom is 0.421 e. The molecule has 3 rings (SSSR count). The molecule has 27 heavy (non-hydrogen) atoms. The van der Waals surface area contributed by atoms with E-state index in [9.17, 15) is 0 Å². The Morgan fingerprint density at radius 1 is 1.33 bits per heavy atom. The number of anilines is 1. The van der Waals surface area contributed by atoms with E-state index in [0.717, 1.165) is 69.4 Å². The third kappa shape index (κ3) is 6.42. The number of alkyl halides is 1. The van der Waals surface area contributed by atoms with Gasteiger partial charge in [0.05, 0.1) is 38.2 Å². The molecule has 154 valence electrons. The summed E-state index contributed by atoms with van der Waals surface area (Å²) < 4.78 is 6.16. The fourth-order valence-electron chi connectivity index (χ4n) is 2.77. The van der Waals surface area contributed by atoms with Crippen molar-refractivity contribution < 1.29 is 39.7 Å². The van der Waals surface area contributed by atoms with Crippen LogP contribution in [0, 0.1) is 0 Å². The standard InChI is InChI=1S/C15H23ClN8.BrH.ClH.H3N/c16-4-1-7-22-10-11-23(8-2-5-17)15(22)21-20-13-12-19-24-9-3-6-18-14(13)24;;;/h10-12H,1-9,17H2;2*1H;1H3. The molecule has 1 aliphatic heterocycles. The first-order valence-corrected chi connectivity index (χ1v) is 9.02. The molecule has 0 aromatic carbocycles. The lowest BCUT2D eigenvalue weighted by atomic mass is 10.3.